The molecular weight excluding hydrogens is 268 g/mol. The molecule has 1 amide bonds. The second-order valence-electron chi connectivity index (χ2n) is 6.40. The summed E-state index contributed by atoms with van der Waals surface area (Å²) >= 11 is 5.08. The molecule has 0 aliphatic rings. The third kappa shape index (κ3) is 5.29. The van der Waals surface area contributed by atoms with Crippen LogP contribution in [0.1, 0.15) is 26.3 Å². The van der Waals surface area contributed by atoms with Crippen LogP contribution in [0.25, 0.3) is 0 Å². The number of benzene rings is 1. The first-order chi connectivity index (χ1) is 9.20. The number of rotatable bonds is 5. The molecule has 0 saturated carbocycles. The molecule has 0 aliphatic carbocycles. The lowest BCUT2D eigenvalue weighted by Gasteiger charge is -2.29. The Morgan fingerprint density at radius 1 is 1.30 bits per heavy atom. The molecule has 1 aromatic rings. The van der Waals surface area contributed by atoms with E-state index in [2.05, 4.69) is 20.8 Å². The summed E-state index contributed by atoms with van der Waals surface area (Å²) in [5.74, 6) is -0.434. The highest BCUT2D eigenvalue weighted by atomic mass is 32.1. The molecule has 0 aromatic heterocycles. The van der Waals surface area contributed by atoms with Crippen LogP contribution in [-0.4, -0.2) is 29.4 Å². The fraction of sp³-hybridized carbons (Fsp3) is 0.500. The van der Waals surface area contributed by atoms with Crippen molar-refractivity contribution in [1.82, 2.24) is 4.90 Å². The van der Waals surface area contributed by atoms with Crippen molar-refractivity contribution in [2.75, 3.05) is 13.6 Å². The SMILES string of the molecule is CN(CC(C)(C)C)C(=O)C(Cc1ccccc1)C(N)=S. The highest BCUT2D eigenvalue weighted by Crippen LogP contribution is 2.18. The van der Waals surface area contributed by atoms with E-state index in [1.54, 1.807) is 4.90 Å². The van der Waals surface area contributed by atoms with E-state index in [1.165, 1.54) is 0 Å². The van der Waals surface area contributed by atoms with Crippen molar-refractivity contribution < 1.29 is 4.79 Å². The number of thiocarbonyl (C=S) groups is 1. The zero-order chi connectivity index (χ0) is 15.3. The van der Waals surface area contributed by atoms with Crippen molar-refractivity contribution in [3.63, 3.8) is 0 Å². The number of carbonyl (C=O) groups is 1. The van der Waals surface area contributed by atoms with Gasteiger partial charge in [-0.25, -0.2) is 0 Å². The van der Waals surface area contributed by atoms with Crippen LogP contribution >= 0.6 is 12.2 Å². The van der Waals surface area contributed by atoms with E-state index in [-0.39, 0.29) is 16.3 Å². The molecule has 4 heteroatoms. The van der Waals surface area contributed by atoms with Crippen LogP contribution in [0.2, 0.25) is 0 Å². The topological polar surface area (TPSA) is 46.3 Å². The molecule has 3 nitrogen and oxygen atoms in total. The van der Waals surface area contributed by atoms with Gasteiger partial charge in [-0.1, -0.05) is 63.3 Å². The zero-order valence-electron chi connectivity index (χ0n) is 12.7. The van der Waals surface area contributed by atoms with E-state index in [9.17, 15) is 4.79 Å². The van der Waals surface area contributed by atoms with Gasteiger partial charge in [0, 0.05) is 13.6 Å². The molecule has 0 bridgehead atoms. The predicted octanol–water partition coefficient (Wildman–Crippen LogP) is 2.64. The largest absolute Gasteiger partial charge is 0.393 e. The monoisotopic (exact) mass is 292 g/mol. The summed E-state index contributed by atoms with van der Waals surface area (Å²) in [6.07, 6.45) is 0.559. The maximum absolute atomic E-state index is 12.5. The molecule has 2 N–H and O–H groups in total. The number of nitrogens with zero attached hydrogens (tertiary/aromatic N) is 1. The van der Waals surface area contributed by atoms with Crippen LogP contribution < -0.4 is 5.73 Å². The molecule has 1 unspecified atom stereocenters. The highest BCUT2D eigenvalue weighted by molar-refractivity contribution is 7.80. The Morgan fingerprint density at radius 3 is 2.30 bits per heavy atom. The standard InChI is InChI=1S/C16H24N2OS/c1-16(2,3)11-18(4)15(19)13(14(17)20)10-12-8-6-5-7-9-12/h5-9,13H,10-11H2,1-4H3,(H2,17,20). The summed E-state index contributed by atoms with van der Waals surface area (Å²) in [4.78, 5) is 14.5. The summed E-state index contributed by atoms with van der Waals surface area (Å²) in [5, 5.41) is 0. The summed E-state index contributed by atoms with van der Waals surface area (Å²) in [6.45, 7) is 6.98. The van der Waals surface area contributed by atoms with E-state index in [1.807, 2.05) is 37.4 Å². The number of amides is 1. The molecule has 0 spiro atoms. The lowest BCUT2D eigenvalue weighted by molar-refractivity contribution is -0.133. The minimum absolute atomic E-state index is 0.00345. The number of hydrogen-bond donors (Lipinski definition) is 1. The van der Waals surface area contributed by atoms with E-state index in [4.69, 9.17) is 18.0 Å². The molecule has 1 aromatic carbocycles. The second-order valence-corrected chi connectivity index (χ2v) is 6.87. The van der Waals surface area contributed by atoms with Crippen LogP contribution in [0, 0.1) is 11.3 Å². The Kier molecular flexibility index (Phi) is 5.69. The first kappa shape index (κ1) is 16.6. The van der Waals surface area contributed by atoms with Gasteiger partial charge in [0.15, 0.2) is 0 Å². The molecule has 20 heavy (non-hydrogen) atoms. The van der Waals surface area contributed by atoms with Gasteiger partial charge in [-0.15, -0.1) is 0 Å². The minimum atomic E-state index is -0.431. The first-order valence-electron chi connectivity index (χ1n) is 6.79. The highest BCUT2D eigenvalue weighted by Gasteiger charge is 2.27. The molecule has 0 heterocycles. The van der Waals surface area contributed by atoms with Gasteiger partial charge >= 0.3 is 0 Å². The van der Waals surface area contributed by atoms with Gasteiger partial charge in [0.1, 0.15) is 0 Å². The van der Waals surface area contributed by atoms with Crippen LogP contribution in [0.3, 0.4) is 0 Å². The average Bonchev–Trinajstić information content (AvgIpc) is 2.34. The van der Waals surface area contributed by atoms with E-state index < -0.39 is 5.92 Å². The fourth-order valence-corrected chi connectivity index (χ4v) is 2.40. The maximum Gasteiger partial charge on any atom is 0.232 e. The molecule has 0 radical (unpaired) electrons. The number of nitrogens with two attached hydrogens (primary N) is 1. The Labute approximate surface area is 127 Å². The Morgan fingerprint density at radius 2 is 1.85 bits per heavy atom. The lowest BCUT2D eigenvalue weighted by Crippen LogP contribution is -2.43. The van der Waals surface area contributed by atoms with Crippen molar-refractivity contribution in [3.8, 4) is 0 Å². The molecule has 110 valence electrons. The van der Waals surface area contributed by atoms with Gasteiger partial charge in [0.25, 0.3) is 0 Å². The molecule has 1 rings (SSSR count). The van der Waals surface area contributed by atoms with Gasteiger partial charge in [0.05, 0.1) is 10.9 Å². The second kappa shape index (κ2) is 6.84. The Balaban J connectivity index is 2.81. The van der Waals surface area contributed by atoms with Crippen molar-refractivity contribution >= 4 is 23.1 Å². The first-order valence-corrected chi connectivity index (χ1v) is 7.20. The van der Waals surface area contributed by atoms with Crippen molar-refractivity contribution in [1.29, 1.82) is 0 Å². The zero-order valence-corrected chi connectivity index (χ0v) is 13.5. The fourth-order valence-electron chi connectivity index (χ4n) is 2.21. The van der Waals surface area contributed by atoms with Gasteiger partial charge < -0.3 is 10.6 Å². The molecule has 0 aliphatic heterocycles. The van der Waals surface area contributed by atoms with Crippen LogP contribution in [0.15, 0.2) is 30.3 Å². The summed E-state index contributed by atoms with van der Waals surface area (Å²) < 4.78 is 0. The van der Waals surface area contributed by atoms with Crippen LogP contribution in [0.4, 0.5) is 0 Å². The van der Waals surface area contributed by atoms with Crippen molar-refractivity contribution in [2.45, 2.75) is 27.2 Å². The third-order valence-electron chi connectivity index (χ3n) is 3.01. The van der Waals surface area contributed by atoms with Crippen molar-refractivity contribution in [3.05, 3.63) is 35.9 Å². The van der Waals surface area contributed by atoms with Gasteiger partial charge in [-0.2, -0.15) is 0 Å². The summed E-state index contributed by atoms with van der Waals surface area (Å²) in [6, 6.07) is 9.84. The van der Waals surface area contributed by atoms with Gasteiger partial charge in [-0.05, 0) is 17.4 Å². The van der Waals surface area contributed by atoms with Gasteiger partial charge in [-0.3, -0.25) is 4.79 Å². The van der Waals surface area contributed by atoms with Crippen molar-refractivity contribution in [2.24, 2.45) is 17.1 Å². The maximum atomic E-state index is 12.5. The van der Waals surface area contributed by atoms with E-state index in [0.29, 0.717) is 13.0 Å². The quantitative estimate of drug-likeness (QED) is 0.849. The molecular formula is C16H24N2OS. The van der Waals surface area contributed by atoms with Gasteiger partial charge in [0.2, 0.25) is 5.91 Å². The smallest absolute Gasteiger partial charge is 0.232 e. The minimum Gasteiger partial charge on any atom is -0.393 e. The summed E-state index contributed by atoms with van der Waals surface area (Å²) in [7, 11) is 1.81. The molecule has 1 atom stereocenters. The third-order valence-corrected chi connectivity index (χ3v) is 3.30. The van der Waals surface area contributed by atoms with Crippen LogP contribution in [0.5, 0.6) is 0 Å². The van der Waals surface area contributed by atoms with Crippen LogP contribution in [-0.2, 0) is 11.2 Å². The van der Waals surface area contributed by atoms with E-state index >= 15 is 0 Å². The molecule has 0 fully saturated rings. The normalized spacial score (nSPS) is 12.8. The Hall–Kier alpha value is -1.42. The number of hydrogen-bond acceptors (Lipinski definition) is 2. The predicted molar refractivity (Wildman–Crippen MR) is 87.5 cm³/mol. The average molecular weight is 292 g/mol. The Bertz CT molecular complexity index is 465. The number of carbonyl (C=O) groups excluding carboxylic acids is 1. The lowest BCUT2D eigenvalue weighted by atomic mass is 9.94. The van der Waals surface area contributed by atoms with E-state index in [0.717, 1.165) is 5.56 Å². The summed E-state index contributed by atoms with van der Waals surface area (Å²) in [5.41, 5.74) is 6.90. The molecule has 0 saturated heterocycles.